The SMILES string of the molecule is CC(Nc1nc(N)nc(NCCOc2ccc(F)cc2)n1)c1ccc(F)cc1. The fourth-order valence-corrected chi connectivity index (χ4v) is 2.43. The number of nitrogens with one attached hydrogen (secondary N) is 2. The fraction of sp³-hybridized carbons (Fsp3) is 0.211. The molecule has 1 aromatic heterocycles. The molecular formula is C19H20F2N6O. The zero-order chi connectivity index (χ0) is 19.9. The van der Waals surface area contributed by atoms with Crippen LogP contribution in [0, 0.1) is 11.6 Å². The number of nitrogens with two attached hydrogens (primary N) is 1. The highest BCUT2D eigenvalue weighted by atomic mass is 19.1. The highest BCUT2D eigenvalue weighted by molar-refractivity contribution is 5.41. The molecule has 2 aromatic carbocycles. The Kier molecular flexibility index (Phi) is 6.15. The molecule has 3 rings (SSSR count). The van der Waals surface area contributed by atoms with E-state index in [1.165, 1.54) is 24.3 Å². The minimum absolute atomic E-state index is 0.0609. The van der Waals surface area contributed by atoms with Gasteiger partial charge in [0.2, 0.25) is 17.8 Å². The molecule has 7 nitrogen and oxygen atoms in total. The molecule has 0 bridgehead atoms. The molecule has 9 heteroatoms. The number of nitrogens with zero attached hydrogens (tertiary/aromatic N) is 3. The van der Waals surface area contributed by atoms with E-state index in [-0.39, 0.29) is 23.6 Å². The van der Waals surface area contributed by atoms with Crippen molar-refractivity contribution >= 4 is 17.8 Å². The van der Waals surface area contributed by atoms with Gasteiger partial charge in [-0.15, -0.1) is 0 Å². The molecule has 0 spiro atoms. The number of aromatic nitrogens is 3. The van der Waals surface area contributed by atoms with Crippen LogP contribution in [0.2, 0.25) is 0 Å². The highest BCUT2D eigenvalue weighted by Gasteiger charge is 2.10. The maximum atomic E-state index is 13.1. The van der Waals surface area contributed by atoms with Gasteiger partial charge in [-0.05, 0) is 48.9 Å². The number of hydrogen-bond donors (Lipinski definition) is 3. The standard InChI is InChI=1S/C19H20F2N6O/c1-12(13-2-4-14(20)5-3-13)24-19-26-17(22)25-18(27-19)23-10-11-28-16-8-6-15(21)7-9-16/h2-9,12H,10-11H2,1H3,(H4,22,23,24,25,26,27). The Labute approximate surface area is 161 Å². The summed E-state index contributed by atoms with van der Waals surface area (Å²) in [6, 6.07) is 11.8. The molecule has 1 unspecified atom stereocenters. The molecule has 146 valence electrons. The van der Waals surface area contributed by atoms with Gasteiger partial charge in [-0.1, -0.05) is 12.1 Å². The van der Waals surface area contributed by atoms with Crippen LogP contribution < -0.4 is 21.1 Å². The van der Waals surface area contributed by atoms with E-state index in [1.807, 2.05) is 6.92 Å². The summed E-state index contributed by atoms with van der Waals surface area (Å²) in [5.41, 5.74) is 6.62. The second-order valence-corrected chi connectivity index (χ2v) is 5.99. The van der Waals surface area contributed by atoms with Crippen molar-refractivity contribution in [1.82, 2.24) is 15.0 Å². The molecule has 0 amide bonds. The van der Waals surface area contributed by atoms with Crippen LogP contribution in [0.3, 0.4) is 0 Å². The number of ether oxygens (including phenoxy) is 1. The van der Waals surface area contributed by atoms with E-state index in [0.717, 1.165) is 5.56 Å². The lowest BCUT2D eigenvalue weighted by Crippen LogP contribution is -2.16. The Hall–Kier alpha value is -3.49. The predicted molar refractivity (Wildman–Crippen MR) is 103 cm³/mol. The van der Waals surface area contributed by atoms with Gasteiger partial charge < -0.3 is 21.1 Å². The average Bonchev–Trinajstić information content (AvgIpc) is 2.67. The van der Waals surface area contributed by atoms with Gasteiger partial charge in [0.05, 0.1) is 12.6 Å². The lowest BCUT2D eigenvalue weighted by molar-refractivity contribution is 0.332. The van der Waals surface area contributed by atoms with Crippen molar-refractivity contribution in [1.29, 1.82) is 0 Å². The first-order chi connectivity index (χ1) is 13.5. The quantitative estimate of drug-likeness (QED) is 0.511. The second kappa shape index (κ2) is 8.94. The maximum absolute atomic E-state index is 13.1. The Morgan fingerprint density at radius 1 is 0.929 bits per heavy atom. The minimum atomic E-state index is -0.318. The van der Waals surface area contributed by atoms with Gasteiger partial charge in [0, 0.05) is 0 Å². The molecule has 0 fully saturated rings. The van der Waals surface area contributed by atoms with Crippen molar-refractivity contribution < 1.29 is 13.5 Å². The summed E-state index contributed by atoms with van der Waals surface area (Å²) < 4.78 is 31.4. The summed E-state index contributed by atoms with van der Waals surface area (Å²) in [5.74, 6) is 0.602. The molecule has 0 saturated heterocycles. The van der Waals surface area contributed by atoms with Crippen LogP contribution in [0.25, 0.3) is 0 Å². The Balaban J connectivity index is 1.55. The number of hydrogen-bond acceptors (Lipinski definition) is 7. The van der Waals surface area contributed by atoms with E-state index in [9.17, 15) is 8.78 Å². The maximum Gasteiger partial charge on any atom is 0.229 e. The lowest BCUT2D eigenvalue weighted by Gasteiger charge is -2.15. The molecule has 1 heterocycles. The molecule has 4 N–H and O–H groups in total. The van der Waals surface area contributed by atoms with Gasteiger partial charge in [0.25, 0.3) is 0 Å². The van der Waals surface area contributed by atoms with Gasteiger partial charge in [-0.25, -0.2) is 8.78 Å². The third kappa shape index (κ3) is 5.50. The normalized spacial score (nSPS) is 11.7. The topological polar surface area (TPSA) is 98.0 Å². The van der Waals surface area contributed by atoms with Gasteiger partial charge in [-0.2, -0.15) is 15.0 Å². The Morgan fingerprint density at radius 2 is 1.54 bits per heavy atom. The van der Waals surface area contributed by atoms with Crippen molar-refractivity contribution in [3.05, 3.63) is 65.7 Å². The van der Waals surface area contributed by atoms with Gasteiger partial charge >= 0.3 is 0 Å². The second-order valence-electron chi connectivity index (χ2n) is 5.99. The summed E-state index contributed by atoms with van der Waals surface area (Å²) in [6.45, 7) is 2.64. The number of anilines is 3. The third-order valence-corrected chi connectivity index (χ3v) is 3.84. The summed E-state index contributed by atoms with van der Waals surface area (Å²) in [7, 11) is 0. The van der Waals surface area contributed by atoms with E-state index in [2.05, 4.69) is 25.6 Å². The predicted octanol–water partition coefficient (Wildman–Crippen LogP) is 3.40. The summed E-state index contributed by atoms with van der Waals surface area (Å²) in [5, 5.41) is 6.11. The van der Waals surface area contributed by atoms with Crippen LogP contribution in [0.1, 0.15) is 18.5 Å². The number of benzene rings is 2. The first kappa shape index (κ1) is 19.3. The number of halogens is 2. The largest absolute Gasteiger partial charge is 0.492 e. The Morgan fingerprint density at radius 3 is 2.21 bits per heavy atom. The number of nitrogen functional groups attached to an aromatic ring is 1. The zero-order valence-electron chi connectivity index (χ0n) is 15.2. The first-order valence-electron chi connectivity index (χ1n) is 8.65. The van der Waals surface area contributed by atoms with E-state index < -0.39 is 0 Å². The molecule has 0 radical (unpaired) electrons. The minimum Gasteiger partial charge on any atom is -0.492 e. The molecular weight excluding hydrogens is 366 g/mol. The highest BCUT2D eigenvalue weighted by Crippen LogP contribution is 2.18. The smallest absolute Gasteiger partial charge is 0.229 e. The van der Waals surface area contributed by atoms with E-state index >= 15 is 0 Å². The third-order valence-electron chi connectivity index (χ3n) is 3.84. The van der Waals surface area contributed by atoms with Crippen LogP contribution in [-0.2, 0) is 0 Å². The van der Waals surface area contributed by atoms with Crippen molar-refractivity contribution in [3.8, 4) is 5.75 Å². The van der Waals surface area contributed by atoms with Crippen molar-refractivity contribution in [2.45, 2.75) is 13.0 Å². The first-order valence-corrected chi connectivity index (χ1v) is 8.65. The average molecular weight is 386 g/mol. The molecule has 28 heavy (non-hydrogen) atoms. The van der Waals surface area contributed by atoms with Crippen molar-refractivity contribution in [2.24, 2.45) is 0 Å². The lowest BCUT2D eigenvalue weighted by atomic mass is 10.1. The summed E-state index contributed by atoms with van der Waals surface area (Å²) in [4.78, 5) is 12.4. The van der Waals surface area contributed by atoms with E-state index in [1.54, 1.807) is 24.3 Å². The van der Waals surface area contributed by atoms with E-state index in [4.69, 9.17) is 10.5 Å². The number of rotatable bonds is 8. The molecule has 3 aromatic rings. The van der Waals surface area contributed by atoms with E-state index in [0.29, 0.717) is 30.8 Å². The van der Waals surface area contributed by atoms with Crippen molar-refractivity contribution in [2.75, 3.05) is 29.5 Å². The van der Waals surface area contributed by atoms with Crippen LogP contribution in [0.15, 0.2) is 48.5 Å². The monoisotopic (exact) mass is 386 g/mol. The van der Waals surface area contributed by atoms with Crippen LogP contribution in [0.4, 0.5) is 26.6 Å². The molecule has 0 aliphatic heterocycles. The Bertz CT molecular complexity index is 905. The van der Waals surface area contributed by atoms with Crippen LogP contribution >= 0.6 is 0 Å². The van der Waals surface area contributed by atoms with Gasteiger partial charge in [0.15, 0.2) is 0 Å². The zero-order valence-corrected chi connectivity index (χ0v) is 15.2. The fourth-order valence-electron chi connectivity index (χ4n) is 2.43. The molecule has 1 atom stereocenters. The summed E-state index contributed by atoms with van der Waals surface area (Å²) >= 11 is 0. The van der Waals surface area contributed by atoms with Crippen LogP contribution in [0.5, 0.6) is 5.75 Å². The molecule has 0 aliphatic carbocycles. The van der Waals surface area contributed by atoms with Gasteiger partial charge in [-0.3, -0.25) is 0 Å². The van der Waals surface area contributed by atoms with Crippen molar-refractivity contribution in [3.63, 3.8) is 0 Å². The summed E-state index contributed by atoms with van der Waals surface area (Å²) in [6.07, 6.45) is 0. The van der Waals surface area contributed by atoms with Crippen LogP contribution in [-0.4, -0.2) is 28.1 Å². The molecule has 0 saturated carbocycles. The molecule has 0 aliphatic rings. The van der Waals surface area contributed by atoms with Gasteiger partial charge in [0.1, 0.15) is 24.0 Å².